The van der Waals surface area contributed by atoms with E-state index >= 15 is 0 Å². The summed E-state index contributed by atoms with van der Waals surface area (Å²) >= 11 is 0. The number of aromatic nitrogens is 2. The number of para-hydroxylation sites is 1. The third-order valence-corrected chi connectivity index (χ3v) is 5.18. The quantitative estimate of drug-likeness (QED) is 0.782. The van der Waals surface area contributed by atoms with Crippen LogP contribution in [0.15, 0.2) is 47.1 Å². The number of hydrogen-bond donors (Lipinski definition) is 1. The van der Waals surface area contributed by atoms with Gasteiger partial charge in [0.2, 0.25) is 0 Å². The van der Waals surface area contributed by atoms with Crippen LogP contribution in [0.2, 0.25) is 0 Å². The maximum atomic E-state index is 12.9. The molecule has 2 atom stereocenters. The van der Waals surface area contributed by atoms with Crippen molar-refractivity contribution >= 4 is 16.9 Å². The number of furan rings is 1. The van der Waals surface area contributed by atoms with Gasteiger partial charge >= 0.3 is 0 Å². The number of amides is 1. The second-order valence-corrected chi connectivity index (χ2v) is 7.26. The standard InChI is InChI=1S/C20H23N3O3/c1-13(2)23-10-15(8-21-23)17-11-22(9-16(17)12-24)20(25)19-7-14-5-3-4-6-18(14)26-19/h3-8,10,13,16-17,24H,9,11-12H2,1-2H3/t16-,17-/m0/s1. The zero-order chi connectivity index (χ0) is 18.3. The second-order valence-electron chi connectivity index (χ2n) is 7.26. The van der Waals surface area contributed by atoms with E-state index in [4.69, 9.17) is 4.42 Å². The van der Waals surface area contributed by atoms with Crippen LogP contribution in [0, 0.1) is 5.92 Å². The molecule has 0 radical (unpaired) electrons. The molecule has 6 heteroatoms. The molecule has 3 aromatic rings. The number of hydrogen-bond acceptors (Lipinski definition) is 4. The largest absolute Gasteiger partial charge is 0.451 e. The molecule has 1 N–H and O–H groups in total. The highest BCUT2D eigenvalue weighted by Crippen LogP contribution is 2.34. The van der Waals surface area contributed by atoms with Crippen LogP contribution in [0.25, 0.3) is 11.0 Å². The maximum absolute atomic E-state index is 12.9. The summed E-state index contributed by atoms with van der Waals surface area (Å²) in [4.78, 5) is 14.7. The van der Waals surface area contributed by atoms with E-state index in [1.165, 1.54) is 0 Å². The molecule has 0 unspecified atom stereocenters. The number of carbonyl (C=O) groups excluding carboxylic acids is 1. The molecule has 0 spiro atoms. The van der Waals surface area contributed by atoms with E-state index in [0.717, 1.165) is 10.9 Å². The third kappa shape index (κ3) is 2.90. The Balaban J connectivity index is 1.56. The smallest absolute Gasteiger partial charge is 0.289 e. The van der Waals surface area contributed by atoms with Crippen LogP contribution < -0.4 is 0 Å². The predicted octanol–water partition coefficient (Wildman–Crippen LogP) is 3.06. The molecule has 26 heavy (non-hydrogen) atoms. The van der Waals surface area contributed by atoms with Gasteiger partial charge in [-0.25, -0.2) is 0 Å². The van der Waals surface area contributed by atoms with E-state index < -0.39 is 0 Å². The Bertz CT molecular complexity index is 894. The van der Waals surface area contributed by atoms with E-state index in [1.807, 2.05) is 41.3 Å². The van der Waals surface area contributed by atoms with E-state index in [1.54, 1.807) is 11.0 Å². The Morgan fingerprint density at radius 2 is 2.15 bits per heavy atom. The fraction of sp³-hybridized carbons (Fsp3) is 0.400. The van der Waals surface area contributed by atoms with Crippen molar-refractivity contribution in [2.45, 2.75) is 25.8 Å². The average Bonchev–Trinajstić information content (AvgIpc) is 3.36. The number of fused-ring (bicyclic) bond motifs is 1. The fourth-order valence-corrected chi connectivity index (χ4v) is 3.67. The highest BCUT2D eigenvalue weighted by molar-refractivity contribution is 5.96. The molecule has 6 nitrogen and oxygen atoms in total. The highest BCUT2D eigenvalue weighted by Gasteiger charge is 2.37. The van der Waals surface area contributed by atoms with E-state index in [2.05, 4.69) is 18.9 Å². The van der Waals surface area contributed by atoms with Crippen molar-refractivity contribution in [3.8, 4) is 0 Å². The summed E-state index contributed by atoms with van der Waals surface area (Å²) in [7, 11) is 0. The third-order valence-electron chi connectivity index (χ3n) is 5.18. The molecule has 1 saturated heterocycles. The topological polar surface area (TPSA) is 71.5 Å². The number of carbonyl (C=O) groups is 1. The van der Waals surface area contributed by atoms with Crippen molar-refractivity contribution in [1.29, 1.82) is 0 Å². The number of likely N-dealkylation sites (tertiary alicyclic amines) is 1. The van der Waals surface area contributed by atoms with Crippen molar-refractivity contribution in [2.75, 3.05) is 19.7 Å². The molecule has 0 saturated carbocycles. The molecule has 1 aliphatic rings. The molecule has 1 amide bonds. The van der Waals surface area contributed by atoms with Crippen LogP contribution in [0.4, 0.5) is 0 Å². The van der Waals surface area contributed by atoms with Gasteiger partial charge in [-0.3, -0.25) is 9.48 Å². The summed E-state index contributed by atoms with van der Waals surface area (Å²) < 4.78 is 7.63. The molecule has 1 fully saturated rings. The van der Waals surface area contributed by atoms with Gasteiger partial charge in [0.25, 0.3) is 5.91 Å². The van der Waals surface area contributed by atoms with Crippen molar-refractivity contribution < 1.29 is 14.3 Å². The van der Waals surface area contributed by atoms with Gasteiger partial charge in [0.15, 0.2) is 5.76 Å². The SMILES string of the molecule is CC(C)n1cc([C@@H]2CN(C(=O)c3cc4ccccc4o3)C[C@H]2CO)cn1. The highest BCUT2D eigenvalue weighted by atomic mass is 16.3. The van der Waals surface area contributed by atoms with Gasteiger partial charge in [-0.2, -0.15) is 5.10 Å². The minimum absolute atomic E-state index is 0.00754. The summed E-state index contributed by atoms with van der Waals surface area (Å²) in [5, 5.41) is 15.1. The number of rotatable bonds is 4. The Labute approximate surface area is 152 Å². The second kappa shape index (κ2) is 6.61. The summed E-state index contributed by atoms with van der Waals surface area (Å²) in [6, 6.07) is 9.67. The fourth-order valence-electron chi connectivity index (χ4n) is 3.67. The Kier molecular flexibility index (Phi) is 4.28. The minimum Gasteiger partial charge on any atom is -0.451 e. The van der Waals surface area contributed by atoms with Gasteiger partial charge in [0.05, 0.1) is 6.20 Å². The molecule has 1 aliphatic heterocycles. The summed E-state index contributed by atoms with van der Waals surface area (Å²) in [5.41, 5.74) is 1.78. The number of benzene rings is 1. The van der Waals surface area contributed by atoms with Crippen LogP contribution >= 0.6 is 0 Å². The predicted molar refractivity (Wildman–Crippen MR) is 98.0 cm³/mol. The van der Waals surface area contributed by atoms with Crippen molar-refractivity contribution in [3.05, 3.63) is 54.0 Å². The first-order chi connectivity index (χ1) is 12.6. The van der Waals surface area contributed by atoms with Gasteiger partial charge in [0.1, 0.15) is 5.58 Å². The molecular weight excluding hydrogens is 330 g/mol. The number of nitrogens with zero attached hydrogens (tertiary/aromatic N) is 3. The van der Waals surface area contributed by atoms with Crippen LogP contribution in [-0.2, 0) is 0 Å². The van der Waals surface area contributed by atoms with Crippen molar-refractivity contribution in [2.24, 2.45) is 5.92 Å². The lowest BCUT2D eigenvalue weighted by atomic mass is 9.92. The van der Waals surface area contributed by atoms with E-state index in [-0.39, 0.29) is 30.4 Å². The van der Waals surface area contributed by atoms with Gasteiger partial charge < -0.3 is 14.4 Å². The summed E-state index contributed by atoms with van der Waals surface area (Å²) in [5.74, 6) is 0.314. The molecule has 4 rings (SSSR count). The van der Waals surface area contributed by atoms with Gasteiger partial charge in [-0.05, 0) is 31.5 Å². The maximum Gasteiger partial charge on any atom is 0.289 e. The van der Waals surface area contributed by atoms with Crippen LogP contribution in [0.3, 0.4) is 0 Å². The Morgan fingerprint density at radius 1 is 1.35 bits per heavy atom. The molecule has 3 heterocycles. The lowest BCUT2D eigenvalue weighted by Gasteiger charge is -2.14. The first kappa shape index (κ1) is 16.8. The summed E-state index contributed by atoms with van der Waals surface area (Å²) in [6.45, 7) is 5.27. The first-order valence-corrected chi connectivity index (χ1v) is 8.99. The first-order valence-electron chi connectivity index (χ1n) is 8.99. The molecule has 136 valence electrons. The Hall–Kier alpha value is -2.60. The van der Waals surface area contributed by atoms with Crippen LogP contribution in [0.1, 0.15) is 41.9 Å². The summed E-state index contributed by atoms with van der Waals surface area (Å²) in [6.07, 6.45) is 3.87. The van der Waals surface area contributed by atoms with Gasteiger partial charge in [-0.15, -0.1) is 0 Å². The monoisotopic (exact) mass is 353 g/mol. The minimum atomic E-state index is -0.126. The molecular formula is C20H23N3O3. The zero-order valence-corrected chi connectivity index (χ0v) is 15.0. The molecule has 0 bridgehead atoms. The number of aliphatic hydroxyl groups excluding tert-OH is 1. The Morgan fingerprint density at radius 3 is 2.85 bits per heavy atom. The van der Waals surface area contributed by atoms with E-state index in [0.29, 0.717) is 24.4 Å². The lowest BCUT2D eigenvalue weighted by molar-refractivity contribution is 0.0752. The van der Waals surface area contributed by atoms with E-state index in [9.17, 15) is 9.90 Å². The van der Waals surface area contributed by atoms with Crippen molar-refractivity contribution in [3.63, 3.8) is 0 Å². The molecule has 1 aromatic carbocycles. The molecule has 2 aromatic heterocycles. The van der Waals surface area contributed by atoms with Crippen molar-refractivity contribution in [1.82, 2.24) is 14.7 Å². The number of aliphatic hydroxyl groups is 1. The normalized spacial score (nSPS) is 20.4. The average molecular weight is 353 g/mol. The van der Waals surface area contributed by atoms with Crippen LogP contribution in [-0.4, -0.2) is 45.4 Å². The lowest BCUT2D eigenvalue weighted by Crippen LogP contribution is -2.28. The van der Waals surface area contributed by atoms with Gasteiger partial charge in [-0.1, -0.05) is 18.2 Å². The zero-order valence-electron chi connectivity index (χ0n) is 15.0. The molecule has 0 aliphatic carbocycles. The van der Waals surface area contributed by atoms with Crippen LogP contribution in [0.5, 0.6) is 0 Å². The van der Waals surface area contributed by atoms with Gasteiger partial charge in [0, 0.05) is 49.2 Å².